The minimum absolute atomic E-state index is 0.0482. The summed E-state index contributed by atoms with van der Waals surface area (Å²) in [6.07, 6.45) is -0.854. The van der Waals surface area contributed by atoms with Gasteiger partial charge >= 0.3 is 6.18 Å². The van der Waals surface area contributed by atoms with E-state index in [0.29, 0.717) is 19.4 Å². The van der Waals surface area contributed by atoms with Crippen molar-refractivity contribution in [2.45, 2.75) is 50.7 Å². The number of carbonyl (C=O) groups is 1. The molecule has 0 aromatic carbocycles. The van der Waals surface area contributed by atoms with Gasteiger partial charge in [0.1, 0.15) is 0 Å². The fourth-order valence-corrected chi connectivity index (χ4v) is 3.02. The van der Waals surface area contributed by atoms with E-state index in [9.17, 15) is 18.0 Å². The Morgan fingerprint density at radius 2 is 2.00 bits per heavy atom. The molecule has 1 aliphatic carbocycles. The molecule has 0 aromatic rings. The molecule has 0 radical (unpaired) electrons. The van der Waals surface area contributed by atoms with Gasteiger partial charge in [0.25, 0.3) is 0 Å². The van der Waals surface area contributed by atoms with Crippen molar-refractivity contribution < 1.29 is 18.0 Å². The highest BCUT2D eigenvalue weighted by atomic mass is 19.4. The normalized spacial score (nSPS) is 32.3. The van der Waals surface area contributed by atoms with Gasteiger partial charge in [-0.1, -0.05) is 6.42 Å². The number of hydrogen-bond donors (Lipinski definition) is 2. The zero-order valence-electron chi connectivity index (χ0n) is 10.9. The maximum absolute atomic E-state index is 12.7. The lowest BCUT2D eigenvalue weighted by Gasteiger charge is -2.30. The zero-order valence-corrected chi connectivity index (χ0v) is 10.9. The van der Waals surface area contributed by atoms with Gasteiger partial charge in [0.05, 0.1) is 5.92 Å². The monoisotopic (exact) mass is 278 g/mol. The molecule has 3 unspecified atom stereocenters. The molecule has 2 aliphatic rings. The molecule has 1 amide bonds. The van der Waals surface area contributed by atoms with Gasteiger partial charge in [0.15, 0.2) is 0 Å². The van der Waals surface area contributed by atoms with Crippen molar-refractivity contribution >= 4 is 5.91 Å². The van der Waals surface area contributed by atoms with E-state index >= 15 is 0 Å². The van der Waals surface area contributed by atoms with Crippen molar-refractivity contribution in [3.05, 3.63) is 0 Å². The van der Waals surface area contributed by atoms with Crippen LogP contribution in [0.15, 0.2) is 0 Å². The number of alkyl halides is 3. The van der Waals surface area contributed by atoms with Crippen LogP contribution in [0, 0.1) is 11.8 Å². The summed E-state index contributed by atoms with van der Waals surface area (Å²) >= 11 is 0. The van der Waals surface area contributed by atoms with Gasteiger partial charge in [0.2, 0.25) is 5.91 Å². The van der Waals surface area contributed by atoms with E-state index in [2.05, 4.69) is 10.6 Å². The van der Waals surface area contributed by atoms with E-state index < -0.39 is 18.0 Å². The van der Waals surface area contributed by atoms with Crippen molar-refractivity contribution in [2.75, 3.05) is 13.1 Å². The minimum atomic E-state index is -4.16. The van der Waals surface area contributed by atoms with Crippen LogP contribution >= 0.6 is 0 Å². The second kappa shape index (κ2) is 6.11. The fraction of sp³-hybridized carbons (Fsp3) is 0.923. The number of nitrogens with one attached hydrogen (secondary N) is 2. The Bertz CT molecular complexity index is 314. The average Bonchev–Trinajstić information content (AvgIpc) is 2.88. The van der Waals surface area contributed by atoms with Crippen molar-refractivity contribution in [3.63, 3.8) is 0 Å². The van der Waals surface area contributed by atoms with Crippen LogP contribution in [-0.2, 0) is 4.79 Å². The van der Waals surface area contributed by atoms with Gasteiger partial charge < -0.3 is 10.6 Å². The Morgan fingerprint density at radius 1 is 1.21 bits per heavy atom. The Hall–Kier alpha value is -0.780. The predicted molar refractivity (Wildman–Crippen MR) is 65.5 cm³/mol. The molecule has 0 spiro atoms. The molecule has 3 atom stereocenters. The maximum Gasteiger partial charge on any atom is 0.391 e. The molecule has 2 N–H and O–H groups in total. The van der Waals surface area contributed by atoms with Crippen LogP contribution in [0.1, 0.15) is 38.5 Å². The van der Waals surface area contributed by atoms with Gasteiger partial charge in [0, 0.05) is 18.5 Å². The highest BCUT2D eigenvalue weighted by Gasteiger charge is 2.43. The first-order chi connectivity index (χ1) is 8.97. The Labute approximate surface area is 111 Å². The fourth-order valence-electron chi connectivity index (χ4n) is 3.02. The summed E-state index contributed by atoms with van der Waals surface area (Å²) in [5, 5.41) is 6.05. The highest BCUT2D eigenvalue weighted by molar-refractivity contribution is 5.78. The van der Waals surface area contributed by atoms with Crippen LogP contribution in [0.25, 0.3) is 0 Å². The summed E-state index contributed by atoms with van der Waals surface area (Å²) in [5.41, 5.74) is 0. The first-order valence-corrected chi connectivity index (χ1v) is 7.04. The molecule has 2 fully saturated rings. The predicted octanol–water partition coefficient (Wildman–Crippen LogP) is 2.22. The van der Waals surface area contributed by atoms with Crippen molar-refractivity contribution in [1.29, 1.82) is 0 Å². The lowest BCUT2D eigenvalue weighted by molar-refractivity contribution is -0.186. The number of hydrogen-bond acceptors (Lipinski definition) is 2. The number of carbonyl (C=O) groups excluding carboxylic acids is 1. The maximum atomic E-state index is 12.7. The summed E-state index contributed by atoms with van der Waals surface area (Å²) in [6.45, 7) is 1.49. The summed E-state index contributed by atoms with van der Waals surface area (Å²) in [5.74, 6) is -1.98. The second-order valence-corrected chi connectivity index (χ2v) is 5.64. The first-order valence-electron chi connectivity index (χ1n) is 7.04. The smallest absolute Gasteiger partial charge is 0.354 e. The van der Waals surface area contributed by atoms with E-state index in [1.165, 1.54) is 0 Å². The molecule has 0 bridgehead atoms. The lowest BCUT2D eigenvalue weighted by Crippen LogP contribution is -2.42. The van der Waals surface area contributed by atoms with Crippen LogP contribution < -0.4 is 10.6 Å². The molecular formula is C13H21F3N2O. The van der Waals surface area contributed by atoms with Crippen LogP contribution in [0.2, 0.25) is 0 Å². The van der Waals surface area contributed by atoms with E-state index in [4.69, 9.17) is 0 Å². The number of amides is 1. The van der Waals surface area contributed by atoms with Crippen LogP contribution in [0.5, 0.6) is 0 Å². The first kappa shape index (κ1) is 14.6. The molecule has 110 valence electrons. The van der Waals surface area contributed by atoms with Crippen molar-refractivity contribution in [1.82, 2.24) is 10.6 Å². The largest absolute Gasteiger partial charge is 0.391 e. The lowest BCUT2D eigenvalue weighted by atomic mass is 9.80. The quantitative estimate of drug-likeness (QED) is 0.831. The average molecular weight is 278 g/mol. The highest BCUT2D eigenvalue weighted by Crippen LogP contribution is 2.39. The van der Waals surface area contributed by atoms with Gasteiger partial charge in [-0.3, -0.25) is 4.79 Å². The Morgan fingerprint density at radius 3 is 2.63 bits per heavy atom. The van der Waals surface area contributed by atoms with Gasteiger partial charge in [-0.15, -0.1) is 0 Å². The topological polar surface area (TPSA) is 41.1 Å². The zero-order chi connectivity index (χ0) is 13.9. The third kappa shape index (κ3) is 4.09. The second-order valence-electron chi connectivity index (χ2n) is 5.64. The van der Waals surface area contributed by atoms with Gasteiger partial charge in [-0.2, -0.15) is 13.2 Å². The Kier molecular flexibility index (Phi) is 4.71. The van der Waals surface area contributed by atoms with Crippen LogP contribution in [0.3, 0.4) is 0 Å². The molecule has 1 heterocycles. The van der Waals surface area contributed by atoms with Crippen molar-refractivity contribution in [2.24, 2.45) is 11.8 Å². The van der Waals surface area contributed by atoms with Crippen molar-refractivity contribution in [3.8, 4) is 0 Å². The molecule has 19 heavy (non-hydrogen) atoms. The molecule has 0 aromatic heterocycles. The third-order valence-corrected chi connectivity index (χ3v) is 4.19. The molecular weight excluding hydrogens is 257 g/mol. The summed E-state index contributed by atoms with van der Waals surface area (Å²) < 4.78 is 38.0. The number of rotatable bonds is 3. The molecule has 1 saturated heterocycles. The molecule has 2 rings (SSSR count). The molecule has 1 saturated carbocycles. The molecule has 1 aliphatic heterocycles. The summed E-state index contributed by atoms with van der Waals surface area (Å²) in [6, 6.07) is 0.283. The Balaban J connectivity index is 1.78. The summed E-state index contributed by atoms with van der Waals surface area (Å²) in [7, 11) is 0. The van der Waals surface area contributed by atoms with Gasteiger partial charge in [-0.25, -0.2) is 0 Å². The molecule has 3 nitrogen and oxygen atoms in total. The molecule has 6 heteroatoms. The standard InChI is InChI=1S/C13H21F3N2O/c14-13(15,16)10-4-1-3-9(7-10)12(19)18-8-11-5-2-6-17-11/h9-11,17H,1-8H2,(H,18,19). The summed E-state index contributed by atoms with van der Waals surface area (Å²) in [4.78, 5) is 11.9. The van der Waals surface area contributed by atoms with E-state index in [0.717, 1.165) is 19.4 Å². The SMILES string of the molecule is O=C(NCC1CCCN1)C1CCCC(C(F)(F)F)C1. The van der Waals surface area contributed by atoms with Gasteiger partial charge in [-0.05, 0) is 38.6 Å². The minimum Gasteiger partial charge on any atom is -0.354 e. The van der Waals surface area contributed by atoms with Crippen LogP contribution in [-0.4, -0.2) is 31.2 Å². The van der Waals surface area contributed by atoms with E-state index in [1.807, 2.05) is 0 Å². The van der Waals surface area contributed by atoms with E-state index in [-0.39, 0.29) is 24.8 Å². The third-order valence-electron chi connectivity index (χ3n) is 4.19. The number of halogens is 3. The van der Waals surface area contributed by atoms with Crippen LogP contribution in [0.4, 0.5) is 13.2 Å². The van der Waals surface area contributed by atoms with E-state index in [1.54, 1.807) is 0 Å².